The van der Waals surface area contributed by atoms with Crippen molar-refractivity contribution in [2.75, 3.05) is 5.75 Å². The summed E-state index contributed by atoms with van der Waals surface area (Å²) in [5, 5.41) is 6.32. The Balaban J connectivity index is 2.27. The van der Waals surface area contributed by atoms with Gasteiger partial charge >= 0.3 is 0 Å². The molecule has 1 aliphatic rings. The van der Waals surface area contributed by atoms with Crippen molar-refractivity contribution in [3.05, 3.63) is 10.6 Å². The van der Waals surface area contributed by atoms with Crippen LogP contribution in [-0.4, -0.2) is 34.2 Å². The van der Waals surface area contributed by atoms with E-state index in [0.29, 0.717) is 17.1 Å². The van der Waals surface area contributed by atoms with Crippen molar-refractivity contribution in [2.24, 2.45) is 0 Å². The number of aromatic amines is 1. The average Bonchev–Trinajstić information content (AvgIpc) is 2.63. The maximum atomic E-state index is 11.6. The molecule has 0 spiro atoms. The average molecular weight is 247 g/mol. The summed E-state index contributed by atoms with van der Waals surface area (Å²) < 4.78 is 25.5. The van der Waals surface area contributed by atoms with Crippen LogP contribution in [0.1, 0.15) is 18.7 Å². The number of nitrogens with zero attached hydrogens (tertiary/aromatic N) is 2. The van der Waals surface area contributed by atoms with Crippen molar-refractivity contribution in [1.82, 2.24) is 14.8 Å². The van der Waals surface area contributed by atoms with E-state index in [0.717, 1.165) is 18.7 Å². The van der Waals surface area contributed by atoms with Crippen molar-refractivity contribution in [1.29, 1.82) is 0 Å². The lowest BCUT2D eigenvalue weighted by Crippen LogP contribution is -2.22. The molecule has 2 heterocycles. The van der Waals surface area contributed by atoms with Crippen LogP contribution < -0.4 is 0 Å². The quantitative estimate of drug-likeness (QED) is 0.786. The van der Waals surface area contributed by atoms with Crippen molar-refractivity contribution in [3.8, 4) is 0 Å². The first-order valence-corrected chi connectivity index (χ1v) is 6.96. The summed E-state index contributed by atoms with van der Waals surface area (Å²) in [4.78, 5) is 0. The van der Waals surface area contributed by atoms with Crippen LogP contribution in [0.15, 0.2) is 0 Å². The number of hydrogen-bond donors (Lipinski definition) is 1. The first kappa shape index (κ1) is 10.8. The van der Waals surface area contributed by atoms with Gasteiger partial charge in [-0.2, -0.15) is 5.10 Å². The molecule has 5 nitrogen and oxygen atoms in total. The van der Waals surface area contributed by atoms with Crippen LogP contribution in [0.2, 0.25) is 0 Å². The van der Waals surface area contributed by atoms with Gasteiger partial charge < -0.3 is 4.57 Å². The third-order valence-corrected chi connectivity index (χ3v) is 5.37. The number of rotatable bonds is 2. The molecule has 0 bridgehead atoms. The van der Waals surface area contributed by atoms with Gasteiger partial charge in [0.2, 0.25) is 0 Å². The second-order valence-corrected chi connectivity index (χ2v) is 6.61. The zero-order chi connectivity index (χ0) is 11.1. The number of sulfone groups is 1. The molecule has 1 fully saturated rings. The maximum Gasteiger partial charge on any atom is 0.195 e. The van der Waals surface area contributed by atoms with Crippen LogP contribution in [-0.2, 0) is 16.4 Å². The van der Waals surface area contributed by atoms with Crippen molar-refractivity contribution in [2.45, 2.75) is 31.6 Å². The van der Waals surface area contributed by atoms with Crippen LogP contribution in [0.4, 0.5) is 0 Å². The number of aromatic nitrogens is 3. The zero-order valence-corrected chi connectivity index (χ0v) is 10.1. The van der Waals surface area contributed by atoms with E-state index in [9.17, 15) is 8.42 Å². The third kappa shape index (κ3) is 1.98. The fourth-order valence-corrected chi connectivity index (χ4v) is 3.93. The summed E-state index contributed by atoms with van der Waals surface area (Å²) in [6.07, 6.45) is 1.49. The van der Waals surface area contributed by atoms with Gasteiger partial charge in [0.15, 0.2) is 14.6 Å². The van der Waals surface area contributed by atoms with Crippen LogP contribution in [0, 0.1) is 11.7 Å². The number of nitrogens with one attached hydrogen (secondary N) is 1. The van der Waals surface area contributed by atoms with E-state index in [4.69, 9.17) is 12.2 Å². The monoisotopic (exact) mass is 247 g/mol. The minimum absolute atomic E-state index is 0.291. The van der Waals surface area contributed by atoms with Crippen molar-refractivity contribution in [3.63, 3.8) is 0 Å². The van der Waals surface area contributed by atoms with Gasteiger partial charge in [-0.1, -0.05) is 0 Å². The molecule has 84 valence electrons. The highest BCUT2D eigenvalue weighted by Gasteiger charge is 2.31. The Morgan fingerprint density at radius 3 is 2.87 bits per heavy atom. The first-order valence-electron chi connectivity index (χ1n) is 4.84. The van der Waals surface area contributed by atoms with Gasteiger partial charge in [-0.25, -0.2) is 8.42 Å². The molecule has 0 saturated carbocycles. The molecule has 0 aliphatic carbocycles. The third-order valence-electron chi connectivity index (χ3n) is 2.80. The van der Waals surface area contributed by atoms with E-state index < -0.39 is 9.84 Å². The molecule has 7 heteroatoms. The second-order valence-electron chi connectivity index (χ2n) is 3.82. The molecule has 2 rings (SSSR count). The smallest absolute Gasteiger partial charge is 0.195 e. The summed E-state index contributed by atoms with van der Waals surface area (Å²) in [6, 6.07) is 0. The van der Waals surface area contributed by atoms with Gasteiger partial charge in [-0.15, -0.1) is 0 Å². The number of aryl methyl sites for hydroxylation is 1. The molecule has 1 aromatic heterocycles. The van der Waals surface area contributed by atoms with Crippen molar-refractivity contribution >= 4 is 22.1 Å². The van der Waals surface area contributed by atoms with Gasteiger partial charge in [0, 0.05) is 6.54 Å². The second kappa shape index (κ2) is 3.71. The zero-order valence-electron chi connectivity index (χ0n) is 8.43. The Bertz CT molecular complexity index is 514. The highest BCUT2D eigenvalue weighted by Crippen LogP contribution is 2.21. The Morgan fingerprint density at radius 2 is 2.40 bits per heavy atom. The Labute approximate surface area is 93.4 Å². The molecular formula is C8H13N3O2S2. The highest BCUT2D eigenvalue weighted by molar-refractivity contribution is 7.92. The number of hydrogen-bond acceptors (Lipinski definition) is 4. The van der Waals surface area contributed by atoms with E-state index in [1.165, 1.54) is 0 Å². The molecule has 1 atom stereocenters. The van der Waals surface area contributed by atoms with E-state index in [1.54, 1.807) is 4.57 Å². The first-order chi connectivity index (χ1) is 7.00. The Hall–Kier alpha value is -0.690. The van der Waals surface area contributed by atoms with E-state index >= 15 is 0 Å². The fraction of sp³-hybridized carbons (Fsp3) is 0.750. The lowest BCUT2D eigenvalue weighted by atomic mass is 10.2. The molecular weight excluding hydrogens is 234 g/mol. The summed E-state index contributed by atoms with van der Waals surface area (Å²) in [5.41, 5.74) is 0. The van der Waals surface area contributed by atoms with Crippen LogP contribution in [0.5, 0.6) is 0 Å². The van der Waals surface area contributed by atoms with Crippen LogP contribution in [0.3, 0.4) is 0 Å². The molecule has 0 amide bonds. The minimum atomic E-state index is -2.91. The van der Waals surface area contributed by atoms with Gasteiger partial charge in [-0.3, -0.25) is 5.10 Å². The van der Waals surface area contributed by atoms with Gasteiger partial charge in [0.05, 0.1) is 11.0 Å². The molecule has 1 unspecified atom stereocenters. The van der Waals surface area contributed by atoms with Crippen molar-refractivity contribution < 1.29 is 8.42 Å². The molecule has 1 N–H and O–H groups in total. The molecule has 0 radical (unpaired) electrons. The van der Waals surface area contributed by atoms with Crippen LogP contribution >= 0.6 is 12.2 Å². The van der Waals surface area contributed by atoms with Crippen LogP contribution in [0.25, 0.3) is 0 Å². The minimum Gasteiger partial charge on any atom is -0.303 e. The predicted octanol–water partition coefficient (Wildman–Crippen LogP) is 0.826. The Kier molecular flexibility index (Phi) is 2.68. The molecule has 1 aromatic rings. The van der Waals surface area contributed by atoms with Gasteiger partial charge in [-0.05, 0) is 32.0 Å². The van der Waals surface area contributed by atoms with Gasteiger partial charge in [0.25, 0.3) is 0 Å². The molecule has 15 heavy (non-hydrogen) atoms. The number of H-pyrrole nitrogens is 1. The topological polar surface area (TPSA) is 67.8 Å². The highest BCUT2D eigenvalue weighted by atomic mass is 32.2. The van der Waals surface area contributed by atoms with Gasteiger partial charge in [0.1, 0.15) is 5.82 Å². The van der Waals surface area contributed by atoms with E-state index in [-0.39, 0.29) is 5.25 Å². The van der Waals surface area contributed by atoms with E-state index in [1.807, 2.05) is 6.92 Å². The molecule has 1 aliphatic heterocycles. The SMILES string of the molecule is Cc1n[nH]c(=S)n1CC1CCCS1(=O)=O. The Morgan fingerprint density at radius 1 is 1.67 bits per heavy atom. The summed E-state index contributed by atoms with van der Waals surface area (Å²) in [6.45, 7) is 2.25. The lowest BCUT2D eigenvalue weighted by molar-refractivity contribution is 0.559. The summed E-state index contributed by atoms with van der Waals surface area (Å²) in [5.74, 6) is 1.05. The lowest BCUT2D eigenvalue weighted by Gasteiger charge is -2.10. The fourth-order valence-electron chi connectivity index (χ4n) is 1.88. The normalized spacial score (nSPS) is 24.5. The summed E-state index contributed by atoms with van der Waals surface area (Å²) in [7, 11) is -2.91. The predicted molar refractivity (Wildman–Crippen MR) is 59.0 cm³/mol. The maximum absolute atomic E-state index is 11.6. The molecule has 0 aromatic carbocycles. The molecule has 1 saturated heterocycles. The summed E-state index contributed by atoms with van der Waals surface area (Å²) >= 11 is 5.03. The standard InChI is InChI=1S/C8H13N3O2S2/c1-6-9-10-8(14)11(6)5-7-3-2-4-15(7,12)13/h7H,2-5H2,1H3,(H,10,14). The van der Waals surface area contributed by atoms with E-state index in [2.05, 4.69) is 10.2 Å². The largest absolute Gasteiger partial charge is 0.303 e.